The average molecular weight is 354 g/mol. The molecule has 1 aliphatic heterocycles. The van der Waals surface area contributed by atoms with Gasteiger partial charge in [0.2, 0.25) is 15.9 Å². The number of urea groups is 1. The summed E-state index contributed by atoms with van der Waals surface area (Å²) < 4.78 is 25.2. The van der Waals surface area contributed by atoms with E-state index in [0.717, 1.165) is 0 Å². The van der Waals surface area contributed by atoms with Crippen molar-refractivity contribution in [2.24, 2.45) is 0 Å². The Morgan fingerprint density at radius 2 is 1.92 bits per heavy atom. The molecule has 1 fully saturated rings. The maximum Gasteiger partial charge on any atom is 0.321 e. The number of imide groups is 1. The number of sulfonamides is 1. The Kier molecular flexibility index (Phi) is 5.66. The highest BCUT2D eigenvalue weighted by molar-refractivity contribution is 7.93. The zero-order chi connectivity index (χ0) is 17.7. The highest BCUT2D eigenvalue weighted by Gasteiger charge is 2.28. The molecule has 1 heterocycles. The number of nitrogens with zero attached hydrogens (tertiary/aromatic N) is 1. The molecule has 0 aliphatic carbocycles. The topological polar surface area (TPSA) is 108 Å². The lowest BCUT2D eigenvalue weighted by atomic mass is 10.2. The summed E-state index contributed by atoms with van der Waals surface area (Å²) in [5.41, 5.74) is 1.27. The van der Waals surface area contributed by atoms with Crippen LogP contribution in [0.3, 0.4) is 0 Å². The van der Waals surface area contributed by atoms with Crippen molar-refractivity contribution in [3.63, 3.8) is 0 Å². The summed E-state index contributed by atoms with van der Waals surface area (Å²) in [5, 5.41) is 7.68. The standard InChI is InChI=1S/C15H22N4O4S/c1-3-16-15(21)18-14(20)11(2)17-12-5-7-13(8-6-12)19-9-4-10-24(19,22)23/h5-8,11,17H,3-4,9-10H2,1-2H3,(H2,16,18,20,21)/t11-/m0/s1. The molecule has 1 aromatic rings. The van der Waals surface area contributed by atoms with E-state index in [4.69, 9.17) is 0 Å². The molecule has 0 saturated carbocycles. The maximum atomic E-state index is 11.9. The minimum Gasteiger partial charge on any atom is -0.374 e. The van der Waals surface area contributed by atoms with Crippen LogP contribution in [-0.4, -0.2) is 45.2 Å². The zero-order valence-electron chi connectivity index (χ0n) is 13.7. The normalized spacial score (nSPS) is 17.2. The largest absolute Gasteiger partial charge is 0.374 e. The molecular formula is C15H22N4O4S. The second kappa shape index (κ2) is 7.52. The van der Waals surface area contributed by atoms with E-state index in [0.29, 0.717) is 30.9 Å². The molecule has 1 saturated heterocycles. The summed E-state index contributed by atoms with van der Waals surface area (Å²) in [6, 6.07) is 5.65. The fourth-order valence-corrected chi connectivity index (χ4v) is 3.96. The first-order chi connectivity index (χ1) is 11.3. The van der Waals surface area contributed by atoms with Crippen molar-refractivity contribution in [2.45, 2.75) is 26.3 Å². The first-order valence-corrected chi connectivity index (χ1v) is 9.40. The van der Waals surface area contributed by atoms with Crippen molar-refractivity contribution in [1.29, 1.82) is 0 Å². The molecule has 0 aromatic heterocycles. The van der Waals surface area contributed by atoms with E-state index in [-0.39, 0.29) is 5.75 Å². The number of rotatable bonds is 5. The van der Waals surface area contributed by atoms with Crippen molar-refractivity contribution >= 4 is 33.3 Å². The van der Waals surface area contributed by atoms with E-state index >= 15 is 0 Å². The Labute approximate surface area is 141 Å². The fourth-order valence-electron chi connectivity index (χ4n) is 2.39. The molecule has 1 aliphatic rings. The molecule has 132 valence electrons. The number of anilines is 2. The van der Waals surface area contributed by atoms with Crippen molar-refractivity contribution in [1.82, 2.24) is 10.6 Å². The molecule has 9 heteroatoms. The van der Waals surface area contributed by atoms with Crippen LogP contribution in [-0.2, 0) is 14.8 Å². The average Bonchev–Trinajstić information content (AvgIpc) is 2.87. The minimum absolute atomic E-state index is 0.171. The number of nitrogens with one attached hydrogen (secondary N) is 3. The summed E-state index contributed by atoms with van der Waals surface area (Å²) in [5.74, 6) is -0.281. The fraction of sp³-hybridized carbons (Fsp3) is 0.467. The summed E-state index contributed by atoms with van der Waals surface area (Å²) >= 11 is 0. The number of hydrogen-bond donors (Lipinski definition) is 3. The lowest BCUT2D eigenvalue weighted by Crippen LogP contribution is -2.45. The molecule has 1 atom stereocenters. The SMILES string of the molecule is CCNC(=O)NC(=O)[C@H](C)Nc1ccc(N2CCCS2(=O)=O)cc1. The van der Waals surface area contributed by atoms with Gasteiger partial charge in [0, 0.05) is 18.8 Å². The predicted octanol–water partition coefficient (Wildman–Crippen LogP) is 0.873. The van der Waals surface area contributed by atoms with Crippen LogP contribution in [0.15, 0.2) is 24.3 Å². The summed E-state index contributed by atoms with van der Waals surface area (Å²) in [6.07, 6.45) is 0.624. The van der Waals surface area contributed by atoms with Crippen LogP contribution in [0.2, 0.25) is 0 Å². The highest BCUT2D eigenvalue weighted by atomic mass is 32.2. The second-order valence-electron chi connectivity index (χ2n) is 5.50. The van der Waals surface area contributed by atoms with Gasteiger partial charge in [0.15, 0.2) is 0 Å². The summed E-state index contributed by atoms with van der Waals surface area (Å²) in [4.78, 5) is 23.2. The molecule has 24 heavy (non-hydrogen) atoms. The van der Waals surface area contributed by atoms with E-state index in [1.54, 1.807) is 38.1 Å². The smallest absolute Gasteiger partial charge is 0.321 e. The van der Waals surface area contributed by atoms with Crippen LogP contribution in [0, 0.1) is 0 Å². The van der Waals surface area contributed by atoms with Crippen LogP contribution in [0.5, 0.6) is 0 Å². The predicted molar refractivity (Wildman–Crippen MR) is 92.5 cm³/mol. The zero-order valence-corrected chi connectivity index (χ0v) is 14.5. The molecule has 0 radical (unpaired) electrons. The first-order valence-electron chi connectivity index (χ1n) is 7.79. The molecule has 0 spiro atoms. The van der Waals surface area contributed by atoms with Gasteiger partial charge in [0.1, 0.15) is 6.04 Å². The van der Waals surface area contributed by atoms with E-state index in [9.17, 15) is 18.0 Å². The van der Waals surface area contributed by atoms with Gasteiger partial charge in [-0.3, -0.25) is 14.4 Å². The molecule has 3 amide bonds. The van der Waals surface area contributed by atoms with Gasteiger partial charge in [0.05, 0.1) is 11.4 Å². The molecule has 8 nitrogen and oxygen atoms in total. The number of carbonyl (C=O) groups excluding carboxylic acids is 2. The Morgan fingerprint density at radius 3 is 2.46 bits per heavy atom. The molecule has 2 rings (SSSR count). The third-order valence-electron chi connectivity index (χ3n) is 3.61. The van der Waals surface area contributed by atoms with Gasteiger partial charge < -0.3 is 10.6 Å². The maximum absolute atomic E-state index is 11.9. The molecular weight excluding hydrogens is 332 g/mol. The Morgan fingerprint density at radius 1 is 1.25 bits per heavy atom. The van der Waals surface area contributed by atoms with Crippen molar-refractivity contribution in [3.8, 4) is 0 Å². The highest BCUT2D eigenvalue weighted by Crippen LogP contribution is 2.25. The molecule has 3 N–H and O–H groups in total. The number of amides is 3. The lowest BCUT2D eigenvalue weighted by Gasteiger charge is -2.18. The quantitative estimate of drug-likeness (QED) is 0.727. The number of benzene rings is 1. The van der Waals surface area contributed by atoms with Gasteiger partial charge in [0.25, 0.3) is 0 Å². The van der Waals surface area contributed by atoms with Crippen molar-refractivity contribution < 1.29 is 18.0 Å². The van der Waals surface area contributed by atoms with Gasteiger partial charge in [-0.05, 0) is 44.5 Å². The summed E-state index contributed by atoms with van der Waals surface area (Å²) in [6.45, 7) is 4.31. The first kappa shape index (κ1) is 18.1. The van der Waals surface area contributed by atoms with Crippen LogP contribution in [0.25, 0.3) is 0 Å². The molecule has 1 aromatic carbocycles. The van der Waals surface area contributed by atoms with E-state index in [2.05, 4.69) is 16.0 Å². The van der Waals surface area contributed by atoms with Gasteiger partial charge in [-0.25, -0.2) is 13.2 Å². The van der Waals surface area contributed by atoms with Gasteiger partial charge in [-0.2, -0.15) is 0 Å². The Bertz CT molecular complexity index is 703. The van der Waals surface area contributed by atoms with Gasteiger partial charge in [-0.1, -0.05) is 0 Å². The van der Waals surface area contributed by atoms with Crippen LogP contribution in [0.1, 0.15) is 20.3 Å². The van der Waals surface area contributed by atoms with E-state index in [1.165, 1.54) is 4.31 Å². The third kappa shape index (κ3) is 4.38. The van der Waals surface area contributed by atoms with Crippen molar-refractivity contribution in [3.05, 3.63) is 24.3 Å². The molecule has 0 bridgehead atoms. The Balaban J connectivity index is 1.96. The minimum atomic E-state index is -3.20. The van der Waals surface area contributed by atoms with Gasteiger partial charge >= 0.3 is 6.03 Å². The third-order valence-corrected chi connectivity index (χ3v) is 5.47. The number of hydrogen-bond acceptors (Lipinski definition) is 5. The van der Waals surface area contributed by atoms with Gasteiger partial charge in [-0.15, -0.1) is 0 Å². The van der Waals surface area contributed by atoms with Crippen LogP contribution in [0.4, 0.5) is 16.2 Å². The second-order valence-corrected chi connectivity index (χ2v) is 7.52. The number of carbonyl (C=O) groups is 2. The lowest BCUT2D eigenvalue weighted by molar-refractivity contribution is -0.120. The van der Waals surface area contributed by atoms with E-state index in [1.807, 2.05) is 0 Å². The summed E-state index contributed by atoms with van der Waals surface area (Å²) in [7, 11) is -3.20. The Hall–Kier alpha value is -2.29. The van der Waals surface area contributed by atoms with Crippen LogP contribution < -0.4 is 20.3 Å². The van der Waals surface area contributed by atoms with E-state index < -0.39 is 28.0 Å². The van der Waals surface area contributed by atoms with Crippen LogP contribution >= 0.6 is 0 Å². The van der Waals surface area contributed by atoms with Crippen molar-refractivity contribution in [2.75, 3.05) is 28.5 Å². The monoisotopic (exact) mass is 354 g/mol. The molecule has 0 unspecified atom stereocenters.